The van der Waals surface area contributed by atoms with Gasteiger partial charge < -0.3 is 13.6 Å². The predicted octanol–water partition coefficient (Wildman–Crippen LogP) is 10.1. The maximum absolute atomic E-state index is 6.44. The number of aromatic nitrogens is 2. The molecule has 0 N–H and O–H groups in total. The van der Waals surface area contributed by atoms with Crippen molar-refractivity contribution in [2.75, 3.05) is 0 Å². The highest BCUT2D eigenvalue weighted by atomic mass is 16.3. The van der Waals surface area contributed by atoms with Crippen LogP contribution >= 0.6 is 0 Å². The number of hydrogen-bond donors (Lipinski definition) is 0. The third kappa shape index (κ3) is 3.21. The third-order valence-corrected chi connectivity index (χ3v) is 8.39. The van der Waals surface area contributed by atoms with Crippen LogP contribution in [0.25, 0.3) is 79.3 Å². The Balaban J connectivity index is 1.30. The van der Waals surface area contributed by atoms with Crippen molar-refractivity contribution in [3.05, 3.63) is 138 Å². The lowest BCUT2D eigenvalue weighted by Crippen LogP contribution is -1.96. The van der Waals surface area contributed by atoms with Gasteiger partial charge in [0.1, 0.15) is 11.5 Å². The maximum Gasteiger partial charge on any atom is 0.143 e. The fourth-order valence-electron chi connectivity index (χ4n) is 6.64. The monoisotopic (exact) mass is 524 g/mol. The molecule has 3 heteroatoms. The quantitative estimate of drug-likeness (QED) is 0.206. The zero-order valence-electron chi connectivity index (χ0n) is 22.2. The molecule has 3 nitrogen and oxygen atoms in total. The summed E-state index contributed by atoms with van der Waals surface area (Å²) in [6, 6.07) is 34.6. The van der Waals surface area contributed by atoms with Crippen LogP contribution in [0.1, 0.15) is 29.1 Å². The van der Waals surface area contributed by atoms with E-state index in [2.05, 4.69) is 142 Å². The van der Waals surface area contributed by atoms with E-state index < -0.39 is 0 Å². The van der Waals surface area contributed by atoms with Crippen molar-refractivity contribution in [3.8, 4) is 0 Å². The number of hydrogen-bond acceptors (Lipinski definition) is 1. The Kier molecular flexibility index (Phi) is 4.63. The first-order valence-corrected chi connectivity index (χ1v) is 14.0. The molecule has 0 spiro atoms. The summed E-state index contributed by atoms with van der Waals surface area (Å²) in [5.41, 5.74) is 12.6. The molecule has 0 saturated carbocycles. The molecule has 9 rings (SSSR count). The third-order valence-electron chi connectivity index (χ3n) is 8.39. The molecule has 0 saturated heterocycles. The number of allylic oxidation sites excluding steroid dienone is 4. The molecule has 2 aliphatic rings. The minimum Gasteiger partial charge on any atom is -0.455 e. The van der Waals surface area contributed by atoms with E-state index in [0.29, 0.717) is 0 Å². The second-order valence-electron chi connectivity index (χ2n) is 10.7. The molecular formula is C38H24N2O. The normalized spacial score (nSPS) is 14.3. The number of nitrogens with zero attached hydrogens (tertiary/aromatic N) is 2. The van der Waals surface area contributed by atoms with E-state index in [1.807, 2.05) is 6.08 Å². The zero-order valence-corrected chi connectivity index (χ0v) is 22.2. The molecule has 3 aromatic heterocycles. The molecule has 0 radical (unpaired) electrons. The van der Waals surface area contributed by atoms with Crippen molar-refractivity contribution >= 4 is 79.3 Å². The van der Waals surface area contributed by atoms with Gasteiger partial charge >= 0.3 is 0 Å². The van der Waals surface area contributed by atoms with E-state index in [-0.39, 0.29) is 0 Å². The average Bonchev–Trinajstić information content (AvgIpc) is 3.51. The summed E-state index contributed by atoms with van der Waals surface area (Å²) in [6.45, 7) is 0. The number of fused-ring (bicyclic) bond motifs is 9. The standard InChI is InChI=1S/C38H24N2O/c1-5-17-33-27(13-1)28-14-2-6-18-34(28)39(33)25-11-9-21-37-31(23-25)32-24-26(12-10-22-38(32)41-37)40-35-19-7-3-15-29(35)30-16-4-8-20-36(30)40/h1-9,12-24H,11H2. The van der Waals surface area contributed by atoms with Crippen LogP contribution in [-0.4, -0.2) is 9.13 Å². The fraction of sp³-hybridized carbons (Fsp3) is 0.0263. The lowest BCUT2D eigenvalue weighted by atomic mass is 10.1. The van der Waals surface area contributed by atoms with E-state index in [4.69, 9.17) is 4.42 Å². The topological polar surface area (TPSA) is 23.0 Å². The van der Waals surface area contributed by atoms with Gasteiger partial charge in [0.2, 0.25) is 0 Å². The summed E-state index contributed by atoms with van der Waals surface area (Å²) in [7, 11) is 0. The Hall–Kier alpha value is -5.50. The van der Waals surface area contributed by atoms with Crippen LogP contribution in [0.2, 0.25) is 0 Å². The molecule has 192 valence electrons. The van der Waals surface area contributed by atoms with Crippen LogP contribution in [0.5, 0.6) is 0 Å². The predicted molar refractivity (Wildman–Crippen MR) is 172 cm³/mol. The number of furan rings is 1. The van der Waals surface area contributed by atoms with Gasteiger partial charge in [-0.15, -0.1) is 5.73 Å². The van der Waals surface area contributed by atoms with Gasteiger partial charge in [-0.1, -0.05) is 78.9 Å². The van der Waals surface area contributed by atoms with Gasteiger partial charge in [0.05, 0.1) is 27.8 Å². The van der Waals surface area contributed by atoms with Gasteiger partial charge in [-0.2, -0.15) is 0 Å². The summed E-state index contributed by atoms with van der Waals surface area (Å²) >= 11 is 0. The molecule has 0 bridgehead atoms. The van der Waals surface area contributed by atoms with Gasteiger partial charge in [0.25, 0.3) is 0 Å². The van der Waals surface area contributed by atoms with Crippen LogP contribution in [0, 0.1) is 0 Å². The largest absolute Gasteiger partial charge is 0.455 e. The average molecular weight is 525 g/mol. The lowest BCUT2D eigenvalue weighted by molar-refractivity contribution is 0.546. The second kappa shape index (κ2) is 8.50. The van der Waals surface area contributed by atoms with Crippen molar-refractivity contribution in [1.82, 2.24) is 9.13 Å². The van der Waals surface area contributed by atoms with Crippen LogP contribution in [0.4, 0.5) is 0 Å². The first kappa shape index (κ1) is 22.3. The van der Waals surface area contributed by atoms with E-state index in [1.165, 1.54) is 49.3 Å². The van der Waals surface area contributed by atoms with Crippen LogP contribution in [0.3, 0.4) is 0 Å². The summed E-state index contributed by atoms with van der Waals surface area (Å²) < 4.78 is 11.2. The molecular weight excluding hydrogens is 500 g/mol. The summed E-state index contributed by atoms with van der Waals surface area (Å²) in [4.78, 5) is 0. The van der Waals surface area contributed by atoms with Crippen LogP contribution in [0.15, 0.2) is 119 Å². The Morgan fingerprint density at radius 1 is 0.537 bits per heavy atom. The van der Waals surface area contributed by atoms with E-state index in [0.717, 1.165) is 34.8 Å². The molecule has 0 unspecified atom stereocenters. The Labute approximate surface area is 236 Å². The lowest BCUT2D eigenvalue weighted by Gasteiger charge is -2.11. The fourth-order valence-corrected chi connectivity index (χ4v) is 6.64. The van der Waals surface area contributed by atoms with Gasteiger partial charge in [0.15, 0.2) is 0 Å². The minimum atomic E-state index is 0.805. The van der Waals surface area contributed by atoms with Crippen molar-refractivity contribution in [3.63, 3.8) is 0 Å². The minimum absolute atomic E-state index is 0.805. The second-order valence-corrected chi connectivity index (χ2v) is 10.7. The molecule has 3 heterocycles. The van der Waals surface area contributed by atoms with E-state index in [9.17, 15) is 0 Å². The van der Waals surface area contributed by atoms with Gasteiger partial charge in [0, 0.05) is 56.9 Å². The van der Waals surface area contributed by atoms with Crippen molar-refractivity contribution in [2.24, 2.45) is 0 Å². The summed E-state index contributed by atoms with van der Waals surface area (Å²) in [5, 5.41) is 5.02. The molecule has 0 aliphatic heterocycles. The first-order valence-electron chi connectivity index (χ1n) is 14.0. The molecule has 4 aromatic carbocycles. The molecule has 2 aliphatic carbocycles. The SMILES string of the molecule is C1=CC(n2c3ccccc3c3ccccc32)=Cc2c(oc3c2C=C(n2c4ccccc4c4ccccc42)CC=C3)C=1. The van der Waals surface area contributed by atoms with Gasteiger partial charge in [-0.3, -0.25) is 0 Å². The van der Waals surface area contributed by atoms with Crippen molar-refractivity contribution < 1.29 is 4.42 Å². The first-order chi connectivity index (χ1) is 20.3. The van der Waals surface area contributed by atoms with Gasteiger partial charge in [-0.05, 0) is 42.5 Å². The molecule has 0 amide bonds. The van der Waals surface area contributed by atoms with Crippen molar-refractivity contribution in [1.29, 1.82) is 0 Å². The summed E-state index contributed by atoms with van der Waals surface area (Å²) in [6.07, 6.45) is 13.7. The van der Waals surface area contributed by atoms with Crippen LogP contribution in [-0.2, 0) is 0 Å². The molecule has 7 aromatic rings. The highest BCUT2D eigenvalue weighted by molar-refractivity contribution is 6.12. The molecule has 0 atom stereocenters. The Morgan fingerprint density at radius 3 is 1.63 bits per heavy atom. The Bertz CT molecular complexity index is 2270. The van der Waals surface area contributed by atoms with Crippen LogP contribution < -0.4 is 0 Å². The highest BCUT2D eigenvalue weighted by Gasteiger charge is 2.22. The Morgan fingerprint density at radius 2 is 1.05 bits per heavy atom. The van der Waals surface area contributed by atoms with Crippen molar-refractivity contribution in [2.45, 2.75) is 6.42 Å². The zero-order chi connectivity index (χ0) is 26.9. The van der Waals surface area contributed by atoms with E-state index >= 15 is 0 Å². The highest BCUT2D eigenvalue weighted by Crippen LogP contribution is 2.39. The van der Waals surface area contributed by atoms with E-state index in [1.54, 1.807) is 0 Å². The summed E-state index contributed by atoms with van der Waals surface area (Å²) in [5.74, 6) is 1.70. The maximum atomic E-state index is 6.44. The number of rotatable bonds is 2. The molecule has 0 fully saturated rings. The smallest absolute Gasteiger partial charge is 0.143 e. The molecule has 41 heavy (non-hydrogen) atoms. The number of benzene rings is 4. The number of para-hydroxylation sites is 4. The van der Waals surface area contributed by atoms with Gasteiger partial charge in [-0.25, -0.2) is 0 Å².